The van der Waals surface area contributed by atoms with Crippen LogP contribution in [-0.2, 0) is 4.74 Å². The van der Waals surface area contributed by atoms with Gasteiger partial charge in [0.15, 0.2) is 0 Å². The number of ether oxygens (including phenoxy) is 1. The summed E-state index contributed by atoms with van der Waals surface area (Å²) in [5.74, 6) is 0. The third kappa shape index (κ3) is 0.944. The van der Waals surface area contributed by atoms with Gasteiger partial charge in [-0.1, -0.05) is 0 Å². The van der Waals surface area contributed by atoms with E-state index in [9.17, 15) is 0 Å². The van der Waals surface area contributed by atoms with Crippen LogP contribution < -0.4 is 10.6 Å². The summed E-state index contributed by atoms with van der Waals surface area (Å²) in [5, 5.41) is 6.63. The molecule has 2 fully saturated rings. The summed E-state index contributed by atoms with van der Waals surface area (Å²) in [5.41, 5.74) is 0.159. The summed E-state index contributed by atoms with van der Waals surface area (Å²) in [6, 6.07) is 0.534. The molecular formula is C7H14N2O. The maximum absolute atomic E-state index is 5.69. The van der Waals surface area contributed by atoms with Gasteiger partial charge in [0.05, 0.1) is 6.61 Å². The Balaban J connectivity index is 1.90. The fourth-order valence-corrected chi connectivity index (χ4v) is 1.40. The van der Waals surface area contributed by atoms with Gasteiger partial charge < -0.3 is 15.4 Å². The SMILES string of the molecule is CC1COC2(CNC2)CN1. The van der Waals surface area contributed by atoms with E-state index in [-0.39, 0.29) is 5.60 Å². The first-order chi connectivity index (χ1) is 4.81. The zero-order valence-electron chi connectivity index (χ0n) is 6.31. The molecule has 0 aliphatic carbocycles. The minimum Gasteiger partial charge on any atom is -0.369 e. The van der Waals surface area contributed by atoms with E-state index in [0.717, 1.165) is 26.2 Å². The van der Waals surface area contributed by atoms with Gasteiger partial charge in [-0.2, -0.15) is 0 Å². The van der Waals surface area contributed by atoms with Crippen molar-refractivity contribution in [1.82, 2.24) is 10.6 Å². The van der Waals surface area contributed by atoms with Crippen LogP contribution in [0.3, 0.4) is 0 Å². The Bertz CT molecular complexity index is 124. The molecule has 0 aromatic rings. The molecule has 0 radical (unpaired) electrons. The first kappa shape index (κ1) is 6.58. The van der Waals surface area contributed by atoms with Gasteiger partial charge in [0.1, 0.15) is 5.60 Å². The lowest BCUT2D eigenvalue weighted by Crippen LogP contribution is -2.69. The van der Waals surface area contributed by atoms with E-state index in [4.69, 9.17) is 4.74 Å². The number of hydrogen-bond acceptors (Lipinski definition) is 3. The molecule has 0 aromatic carbocycles. The highest BCUT2D eigenvalue weighted by Gasteiger charge is 2.40. The lowest BCUT2D eigenvalue weighted by molar-refractivity contribution is -0.110. The monoisotopic (exact) mass is 142 g/mol. The van der Waals surface area contributed by atoms with Crippen LogP contribution in [0.25, 0.3) is 0 Å². The Morgan fingerprint density at radius 2 is 2.20 bits per heavy atom. The Morgan fingerprint density at radius 1 is 1.40 bits per heavy atom. The average Bonchev–Trinajstić information content (AvgIpc) is 1.86. The standard InChI is InChI=1S/C7H14N2O/c1-6-2-10-7(5-9-6)3-8-4-7/h6,8-9H,2-5H2,1H3. The predicted molar refractivity (Wildman–Crippen MR) is 39.0 cm³/mol. The first-order valence-corrected chi connectivity index (χ1v) is 3.89. The molecule has 1 unspecified atom stereocenters. The lowest BCUT2D eigenvalue weighted by Gasteiger charge is -2.46. The van der Waals surface area contributed by atoms with E-state index in [0.29, 0.717) is 6.04 Å². The third-order valence-electron chi connectivity index (χ3n) is 2.31. The summed E-state index contributed by atoms with van der Waals surface area (Å²) in [6.07, 6.45) is 0. The van der Waals surface area contributed by atoms with E-state index in [1.807, 2.05) is 0 Å². The van der Waals surface area contributed by atoms with Gasteiger partial charge in [-0.3, -0.25) is 0 Å². The molecule has 0 bridgehead atoms. The largest absolute Gasteiger partial charge is 0.369 e. The molecule has 2 aliphatic heterocycles. The molecule has 1 atom stereocenters. The van der Waals surface area contributed by atoms with Gasteiger partial charge in [0.25, 0.3) is 0 Å². The Kier molecular flexibility index (Phi) is 1.44. The zero-order chi connectivity index (χ0) is 7.03. The Morgan fingerprint density at radius 3 is 2.60 bits per heavy atom. The molecule has 0 saturated carbocycles. The highest BCUT2D eigenvalue weighted by Crippen LogP contribution is 2.18. The highest BCUT2D eigenvalue weighted by atomic mass is 16.5. The molecule has 58 valence electrons. The summed E-state index contributed by atoms with van der Waals surface area (Å²) in [6.45, 7) is 6.07. The lowest BCUT2D eigenvalue weighted by atomic mass is 9.95. The number of rotatable bonds is 0. The summed E-state index contributed by atoms with van der Waals surface area (Å²) < 4.78 is 5.69. The Hall–Kier alpha value is -0.120. The molecule has 1 spiro atoms. The number of hydrogen-bond donors (Lipinski definition) is 2. The predicted octanol–water partition coefficient (Wildman–Crippen LogP) is -0.663. The smallest absolute Gasteiger partial charge is 0.105 e. The Labute approximate surface area is 61.1 Å². The second-order valence-electron chi connectivity index (χ2n) is 3.38. The normalized spacial score (nSPS) is 37.5. The van der Waals surface area contributed by atoms with Crippen molar-refractivity contribution in [1.29, 1.82) is 0 Å². The van der Waals surface area contributed by atoms with Crippen molar-refractivity contribution in [3.63, 3.8) is 0 Å². The van der Waals surface area contributed by atoms with E-state index in [2.05, 4.69) is 17.6 Å². The highest BCUT2D eigenvalue weighted by molar-refractivity contribution is 4.99. The van der Waals surface area contributed by atoms with Crippen molar-refractivity contribution >= 4 is 0 Å². The molecule has 2 rings (SSSR count). The van der Waals surface area contributed by atoms with Crippen LogP contribution in [-0.4, -0.2) is 37.9 Å². The fraction of sp³-hybridized carbons (Fsp3) is 1.00. The van der Waals surface area contributed by atoms with Gasteiger partial charge in [-0.15, -0.1) is 0 Å². The van der Waals surface area contributed by atoms with E-state index < -0.39 is 0 Å². The van der Waals surface area contributed by atoms with Crippen molar-refractivity contribution in [3.8, 4) is 0 Å². The molecule has 0 amide bonds. The fourth-order valence-electron chi connectivity index (χ4n) is 1.40. The van der Waals surface area contributed by atoms with Crippen LogP contribution in [0.4, 0.5) is 0 Å². The second kappa shape index (κ2) is 2.19. The van der Waals surface area contributed by atoms with Crippen molar-refractivity contribution in [2.75, 3.05) is 26.2 Å². The van der Waals surface area contributed by atoms with Crippen LogP contribution in [0, 0.1) is 0 Å². The maximum Gasteiger partial charge on any atom is 0.105 e. The summed E-state index contributed by atoms with van der Waals surface area (Å²) >= 11 is 0. The molecule has 2 heterocycles. The number of nitrogens with one attached hydrogen (secondary N) is 2. The van der Waals surface area contributed by atoms with Gasteiger partial charge in [-0.25, -0.2) is 0 Å². The van der Waals surface area contributed by atoms with Gasteiger partial charge in [0, 0.05) is 25.7 Å². The topological polar surface area (TPSA) is 33.3 Å². The minimum absolute atomic E-state index is 0.159. The van der Waals surface area contributed by atoms with Crippen molar-refractivity contribution in [2.45, 2.75) is 18.6 Å². The zero-order valence-corrected chi connectivity index (χ0v) is 6.31. The molecule has 2 N–H and O–H groups in total. The molecule has 2 aliphatic rings. The minimum atomic E-state index is 0.159. The molecular weight excluding hydrogens is 128 g/mol. The van der Waals surface area contributed by atoms with Crippen LogP contribution >= 0.6 is 0 Å². The maximum atomic E-state index is 5.69. The molecule has 2 saturated heterocycles. The molecule has 3 heteroatoms. The van der Waals surface area contributed by atoms with E-state index in [1.165, 1.54) is 0 Å². The van der Waals surface area contributed by atoms with Crippen LogP contribution in [0.5, 0.6) is 0 Å². The average molecular weight is 142 g/mol. The quantitative estimate of drug-likeness (QED) is 0.471. The summed E-state index contributed by atoms with van der Waals surface area (Å²) in [4.78, 5) is 0. The van der Waals surface area contributed by atoms with Crippen LogP contribution in [0.1, 0.15) is 6.92 Å². The van der Waals surface area contributed by atoms with Gasteiger partial charge in [0.2, 0.25) is 0 Å². The number of morpholine rings is 1. The molecule has 10 heavy (non-hydrogen) atoms. The van der Waals surface area contributed by atoms with Gasteiger partial charge >= 0.3 is 0 Å². The van der Waals surface area contributed by atoms with E-state index >= 15 is 0 Å². The van der Waals surface area contributed by atoms with Crippen molar-refractivity contribution in [2.24, 2.45) is 0 Å². The third-order valence-corrected chi connectivity index (χ3v) is 2.31. The van der Waals surface area contributed by atoms with Crippen LogP contribution in [0.2, 0.25) is 0 Å². The van der Waals surface area contributed by atoms with Gasteiger partial charge in [-0.05, 0) is 6.92 Å². The van der Waals surface area contributed by atoms with E-state index in [1.54, 1.807) is 0 Å². The molecule has 3 nitrogen and oxygen atoms in total. The van der Waals surface area contributed by atoms with Crippen molar-refractivity contribution < 1.29 is 4.74 Å². The van der Waals surface area contributed by atoms with Crippen LogP contribution in [0.15, 0.2) is 0 Å². The van der Waals surface area contributed by atoms with Crippen molar-refractivity contribution in [3.05, 3.63) is 0 Å². The summed E-state index contributed by atoms with van der Waals surface area (Å²) in [7, 11) is 0. The first-order valence-electron chi connectivity index (χ1n) is 3.89. The second-order valence-corrected chi connectivity index (χ2v) is 3.38. The molecule has 0 aromatic heterocycles.